The van der Waals surface area contributed by atoms with E-state index in [1.165, 1.54) is 14.2 Å². The highest BCUT2D eigenvalue weighted by Crippen LogP contribution is 2.35. The molecule has 0 bridgehead atoms. The van der Waals surface area contributed by atoms with E-state index in [4.69, 9.17) is 14.7 Å². The van der Waals surface area contributed by atoms with Gasteiger partial charge in [-0.1, -0.05) is 24.3 Å². The van der Waals surface area contributed by atoms with Crippen molar-refractivity contribution >= 4 is 9.84 Å². The molecule has 2 rings (SSSR count). The molecule has 0 radical (unpaired) electrons. The molecule has 0 atom stereocenters. The molecule has 6 heteroatoms. The molecule has 0 aliphatic rings. The molecule has 0 aromatic heterocycles. The Balaban J connectivity index is 2.55. The Hall–Kier alpha value is -2.52. The molecule has 0 aliphatic heterocycles. The van der Waals surface area contributed by atoms with E-state index in [1.807, 2.05) is 6.07 Å². The zero-order valence-electron chi connectivity index (χ0n) is 12.2. The van der Waals surface area contributed by atoms with Crippen molar-refractivity contribution in [1.29, 1.82) is 5.26 Å². The number of ether oxygens (including phenoxy) is 2. The standard InChI is InChI=1S/C16H15NO4S/c1-20-14-8-5-9-15(21-2)16(14)22(18,19)11-13-7-4-3-6-12(13)10-17/h3-9H,11H2,1-2H3. The highest BCUT2D eigenvalue weighted by Gasteiger charge is 2.25. The Bertz CT molecular complexity index is 800. The van der Waals surface area contributed by atoms with Crippen molar-refractivity contribution < 1.29 is 17.9 Å². The van der Waals surface area contributed by atoms with Gasteiger partial charge >= 0.3 is 0 Å². The molecule has 0 aliphatic carbocycles. The zero-order chi connectivity index (χ0) is 16.2. The van der Waals surface area contributed by atoms with Crippen LogP contribution in [0, 0.1) is 11.3 Å². The Morgan fingerprint density at radius 1 is 1.00 bits per heavy atom. The monoisotopic (exact) mass is 317 g/mol. The normalized spacial score (nSPS) is 10.8. The third kappa shape index (κ3) is 3.05. The van der Waals surface area contributed by atoms with E-state index < -0.39 is 9.84 Å². The van der Waals surface area contributed by atoms with Gasteiger partial charge in [-0.15, -0.1) is 0 Å². The van der Waals surface area contributed by atoms with Crippen LogP contribution in [-0.2, 0) is 15.6 Å². The van der Waals surface area contributed by atoms with E-state index in [9.17, 15) is 8.42 Å². The van der Waals surface area contributed by atoms with E-state index in [2.05, 4.69) is 0 Å². The van der Waals surface area contributed by atoms with Crippen LogP contribution in [0.2, 0.25) is 0 Å². The first-order valence-electron chi connectivity index (χ1n) is 6.45. The largest absolute Gasteiger partial charge is 0.495 e. The van der Waals surface area contributed by atoms with E-state index in [0.29, 0.717) is 11.1 Å². The van der Waals surface area contributed by atoms with Gasteiger partial charge in [0, 0.05) is 0 Å². The number of rotatable bonds is 5. The van der Waals surface area contributed by atoms with Crippen LogP contribution in [0.4, 0.5) is 0 Å². The molecule has 2 aromatic carbocycles. The fourth-order valence-corrected chi connectivity index (χ4v) is 3.88. The molecule has 0 unspecified atom stereocenters. The molecule has 0 amide bonds. The van der Waals surface area contributed by atoms with Crippen LogP contribution in [0.3, 0.4) is 0 Å². The minimum atomic E-state index is -3.73. The van der Waals surface area contributed by atoms with E-state index >= 15 is 0 Å². The van der Waals surface area contributed by atoms with Crippen LogP contribution in [0.15, 0.2) is 47.4 Å². The minimum absolute atomic E-state index is 0.00672. The molecule has 0 N–H and O–H groups in total. The Morgan fingerprint density at radius 2 is 1.59 bits per heavy atom. The third-order valence-corrected chi connectivity index (χ3v) is 4.89. The Kier molecular flexibility index (Phi) is 4.68. The molecule has 5 nitrogen and oxygen atoms in total. The average Bonchev–Trinajstić information content (AvgIpc) is 2.54. The molecule has 0 spiro atoms. The van der Waals surface area contributed by atoms with Gasteiger partial charge in [-0.2, -0.15) is 5.26 Å². The maximum atomic E-state index is 12.8. The molecule has 22 heavy (non-hydrogen) atoms. The van der Waals surface area contributed by atoms with Crippen molar-refractivity contribution in [2.24, 2.45) is 0 Å². The quantitative estimate of drug-likeness (QED) is 0.847. The van der Waals surface area contributed by atoms with E-state index in [1.54, 1.807) is 42.5 Å². The summed E-state index contributed by atoms with van der Waals surface area (Å²) in [5.41, 5.74) is 0.776. The van der Waals surface area contributed by atoms with Gasteiger partial charge < -0.3 is 9.47 Å². The first-order valence-corrected chi connectivity index (χ1v) is 8.10. The molecule has 0 saturated carbocycles. The first-order chi connectivity index (χ1) is 10.5. The summed E-state index contributed by atoms with van der Waals surface area (Å²) >= 11 is 0. The number of nitriles is 1. The zero-order valence-corrected chi connectivity index (χ0v) is 13.1. The van der Waals surface area contributed by atoms with Crippen molar-refractivity contribution in [2.75, 3.05) is 14.2 Å². The second-order valence-electron chi connectivity index (χ2n) is 4.52. The Morgan fingerprint density at radius 3 is 2.14 bits per heavy atom. The maximum Gasteiger partial charge on any atom is 0.189 e. The lowest BCUT2D eigenvalue weighted by Crippen LogP contribution is -2.09. The molecule has 2 aromatic rings. The summed E-state index contributed by atoms with van der Waals surface area (Å²) in [7, 11) is -0.933. The van der Waals surface area contributed by atoms with Crippen LogP contribution in [0.1, 0.15) is 11.1 Å². The number of methoxy groups -OCH3 is 2. The highest BCUT2D eigenvalue weighted by atomic mass is 32.2. The molecular weight excluding hydrogens is 302 g/mol. The van der Waals surface area contributed by atoms with Gasteiger partial charge in [0.05, 0.1) is 31.6 Å². The van der Waals surface area contributed by atoms with Crippen LogP contribution in [0.5, 0.6) is 11.5 Å². The Labute approximate surface area is 129 Å². The summed E-state index contributed by atoms with van der Waals surface area (Å²) in [6.07, 6.45) is 0. The predicted molar refractivity (Wildman–Crippen MR) is 81.6 cm³/mol. The minimum Gasteiger partial charge on any atom is -0.495 e. The number of nitrogens with zero attached hydrogens (tertiary/aromatic N) is 1. The second kappa shape index (κ2) is 6.50. The lowest BCUT2D eigenvalue weighted by atomic mass is 10.1. The number of hydrogen-bond donors (Lipinski definition) is 0. The topological polar surface area (TPSA) is 76.4 Å². The molecule has 0 saturated heterocycles. The first kappa shape index (κ1) is 15.9. The van der Waals surface area contributed by atoms with Crippen LogP contribution in [-0.4, -0.2) is 22.6 Å². The molecule has 0 heterocycles. The third-order valence-electron chi connectivity index (χ3n) is 3.18. The summed E-state index contributed by atoms with van der Waals surface area (Å²) < 4.78 is 35.8. The maximum absolute atomic E-state index is 12.8. The SMILES string of the molecule is COc1cccc(OC)c1S(=O)(=O)Cc1ccccc1C#N. The highest BCUT2D eigenvalue weighted by molar-refractivity contribution is 7.90. The van der Waals surface area contributed by atoms with Crippen molar-refractivity contribution in [1.82, 2.24) is 0 Å². The second-order valence-corrected chi connectivity index (χ2v) is 6.45. The summed E-state index contributed by atoms with van der Waals surface area (Å²) in [6, 6.07) is 13.4. The average molecular weight is 317 g/mol. The van der Waals surface area contributed by atoms with Crippen LogP contribution < -0.4 is 9.47 Å². The molecular formula is C16H15NO4S. The summed E-state index contributed by atoms with van der Waals surface area (Å²) in [4.78, 5) is -0.00672. The summed E-state index contributed by atoms with van der Waals surface area (Å²) in [5, 5.41) is 9.09. The van der Waals surface area contributed by atoms with Gasteiger partial charge in [0.1, 0.15) is 11.5 Å². The smallest absolute Gasteiger partial charge is 0.189 e. The van der Waals surface area contributed by atoms with Gasteiger partial charge in [-0.25, -0.2) is 8.42 Å². The van der Waals surface area contributed by atoms with Crippen LogP contribution in [0.25, 0.3) is 0 Å². The fourth-order valence-electron chi connectivity index (χ4n) is 2.16. The van der Waals surface area contributed by atoms with Crippen molar-refractivity contribution in [3.05, 3.63) is 53.6 Å². The van der Waals surface area contributed by atoms with Gasteiger partial charge in [0.15, 0.2) is 14.7 Å². The summed E-state index contributed by atoms with van der Waals surface area (Å²) in [6.45, 7) is 0. The summed E-state index contributed by atoms with van der Waals surface area (Å²) in [5.74, 6) is 0.135. The van der Waals surface area contributed by atoms with Gasteiger partial charge in [-0.05, 0) is 23.8 Å². The fraction of sp³-hybridized carbons (Fsp3) is 0.188. The van der Waals surface area contributed by atoms with E-state index in [0.717, 1.165) is 0 Å². The molecule has 114 valence electrons. The number of benzene rings is 2. The van der Waals surface area contributed by atoms with Gasteiger partial charge in [0.25, 0.3) is 0 Å². The van der Waals surface area contributed by atoms with Gasteiger partial charge in [-0.3, -0.25) is 0 Å². The predicted octanol–water partition coefficient (Wildman–Crippen LogP) is 2.55. The lowest BCUT2D eigenvalue weighted by Gasteiger charge is -2.13. The van der Waals surface area contributed by atoms with Crippen molar-refractivity contribution in [3.8, 4) is 17.6 Å². The van der Waals surface area contributed by atoms with Crippen LogP contribution >= 0.6 is 0 Å². The molecule has 0 fully saturated rings. The number of hydrogen-bond acceptors (Lipinski definition) is 5. The van der Waals surface area contributed by atoms with Gasteiger partial charge in [0.2, 0.25) is 0 Å². The van der Waals surface area contributed by atoms with E-state index in [-0.39, 0.29) is 22.1 Å². The lowest BCUT2D eigenvalue weighted by molar-refractivity contribution is 0.373. The van der Waals surface area contributed by atoms with Crippen molar-refractivity contribution in [2.45, 2.75) is 10.6 Å². The van der Waals surface area contributed by atoms with Crippen molar-refractivity contribution in [3.63, 3.8) is 0 Å². The number of sulfone groups is 1.